The lowest BCUT2D eigenvalue weighted by molar-refractivity contribution is -0.0524. The Morgan fingerprint density at radius 3 is 2.79 bits per heavy atom. The van der Waals surface area contributed by atoms with Gasteiger partial charge in [-0.3, -0.25) is 9.36 Å². The van der Waals surface area contributed by atoms with Crippen LogP contribution in [-0.2, 0) is 4.74 Å². The first-order valence-corrected chi connectivity index (χ1v) is 5.68. The van der Waals surface area contributed by atoms with Crippen LogP contribution in [0, 0.1) is 0 Å². The van der Waals surface area contributed by atoms with Crippen molar-refractivity contribution in [1.82, 2.24) is 20.0 Å². The van der Waals surface area contributed by atoms with Crippen LogP contribution in [0.2, 0.25) is 0 Å². The molecule has 0 aliphatic carbocycles. The molecule has 1 saturated heterocycles. The highest BCUT2D eigenvalue weighted by Gasteiger charge is 2.44. The number of aliphatic hydroxyl groups excluding tert-OH is 3. The molecule has 19 heavy (non-hydrogen) atoms. The third-order valence-electron chi connectivity index (χ3n) is 3.18. The van der Waals surface area contributed by atoms with Gasteiger partial charge in [-0.25, -0.2) is 0 Å². The van der Waals surface area contributed by atoms with Crippen molar-refractivity contribution in [1.29, 1.82) is 0 Å². The summed E-state index contributed by atoms with van der Waals surface area (Å²) in [5.74, 6) is 0. The second-order valence-electron chi connectivity index (χ2n) is 4.30. The summed E-state index contributed by atoms with van der Waals surface area (Å²) >= 11 is 0. The summed E-state index contributed by atoms with van der Waals surface area (Å²) in [5.41, 5.74) is 0.191. The lowest BCUT2D eigenvalue weighted by Crippen LogP contribution is -2.35. The fourth-order valence-corrected chi connectivity index (χ4v) is 2.20. The van der Waals surface area contributed by atoms with Crippen LogP contribution in [0.4, 0.5) is 0 Å². The molecule has 0 bridgehead atoms. The molecule has 1 aliphatic heterocycles. The highest BCUT2D eigenvalue weighted by atomic mass is 16.6. The Kier molecular flexibility index (Phi) is 2.82. The standard InChI is InChI=1S/C10H12N4O5/c15-3-5-7(17)8(18)10(19-5)14-6(16)2-1-4-9(14)12-13-11-4/h1-2,5,7-8,10,15,17-18H,3H2,(H,11,12,13)/t5-,7-,8+,10-/m1/s1. The molecule has 1 fully saturated rings. The van der Waals surface area contributed by atoms with E-state index in [1.807, 2.05) is 0 Å². The van der Waals surface area contributed by atoms with E-state index in [1.54, 1.807) is 0 Å². The van der Waals surface area contributed by atoms with E-state index in [0.29, 0.717) is 5.52 Å². The number of aliphatic hydroxyl groups is 3. The minimum atomic E-state index is -1.34. The SMILES string of the molecule is O=c1ccc2n[nH]nc2n1[C@@H]1O[C@H](CO)[C@@H](O)[C@@H]1O. The van der Waals surface area contributed by atoms with Gasteiger partial charge >= 0.3 is 0 Å². The predicted octanol–water partition coefficient (Wildman–Crippen LogP) is -2.27. The molecule has 0 saturated carbocycles. The fraction of sp³-hybridized carbons (Fsp3) is 0.500. The molecule has 0 aromatic carbocycles. The van der Waals surface area contributed by atoms with Gasteiger partial charge < -0.3 is 20.1 Å². The van der Waals surface area contributed by atoms with Crippen LogP contribution in [-0.4, -0.2) is 60.2 Å². The summed E-state index contributed by atoms with van der Waals surface area (Å²) in [5, 5.41) is 38.7. The van der Waals surface area contributed by atoms with E-state index in [-0.39, 0.29) is 5.65 Å². The van der Waals surface area contributed by atoms with E-state index in [0.717, 1.165) is 4.57 Å². The number of H-pyrrole nitrogens is 1. The Bertz CT molecular complexity index is 653. The molecule has 102 valence electrons. The Hall–Kier alpha value is -1.81. The highest BCUT2D eigenvalue weighted by Crippen LogP contribution is 2.29. The van der Waals surface area contributed by atoms with E-state index in [1.165, 1.54) is 12.1 Å². The van der Waals surface area contributed by atoms with E-state index < -0.39 is 36.7 Å². The molecular weight excluding hydrogens is 256 g/mol. The van der Waals surface area contributed by atoms with E-state index in [2.05, 4.69) is 15.4 Å². The average Bonchev–Trinajstić information content (AvgIpc) is 2.97. The van der Waals surface area contributed by atoms with E-state index >= 15 is 0 Å². The Morgan fingerprint density at radius 1 is 1.32 bits per heavy atom. The molecule has 9 nitrogen and oxygen atoms in total. The van der Waals surface area contributed by atoms with Gasteiger partial charge in [0.05, 0.1) is 6.61 Å². The van der Waals surface area contributed by atoms with Crippen LogP contribution in [0.3, 0.4) is 0 Å². The summed E-state index contributed by atoms with van der Waals surface area (Å²) in [7, 11) is 0. The number of pyridine rings is 1. The van der Waals surface area contributed by atoms with Crippen molar-refractivity contribution in [3.63, 3.8) is 0 Å². The Balaban J connectivity index is 2.12. The van der Waals surface area contributed by atoms with Gasteiger partial charge in [-0.1, -0.05) is 0 Å². The summed E-state index contributed by atoms with van der Waals surface area (Å²) in [6.07, 6.45) is -4.68. The average molecular weight is 268 g/mol. The van der Waals surface area contributed by atoms with Crippen LogP contribution in [0.15, 0.2) is 16.9 Å². The molecule has 2 aromatic rings. The molecule has 4 atom stereocenters. The first-order chi connectivity index (χ1) is 9.13. The molecule has 3 rings (SSSR count). The maximum absolute atomic E-state index is 11.9. The molecule has 0 unspecified atom stereocenters. The molecular formula is C10H12N4O5. The maximum atomic E-state index is 11.9. The van der Waals surface area contributed by atoms with Gasteiger partial charge in [-0.2, -0.15) is 10.3 Å². The van der Waals surface area contributed by atoms with Crippen molar-refractivity contribution >= 4 is 11.2 Å². The van der Waals surface area contributed by atoms with E-state index in [4.69, 9.17) is 9.84 Å². The molecule has 1 aliphatic rings. The highest BCUT2D eigenvalue weighted by molar-refractivity contribution is 5.69. The van der Waals surface area contributed by atoms with Crippen LogP contribution in [0.5, 0.6) is 0 Å². The second-order valence-corrected chi connectivity index (χ2v) is 4.30. The monoisotopic (exact) mass is 268 g/mol. The number of aromatic nitrogens is 4. The fourth-order valence-electron chi connectivity index (χ4n) is 2.20. The molecule has 0 radical (unpaired) electrons. The number of rotatable bonds is 2. The van der Waals surface area contributed by atoms with Crippen molar-refractivity contribution in [2.75, 3.05) is 6.61 Å². The van der Waals surface area contributed by atoms with Crippen LogP contribution < -0.4 is 5.56 Å². The summed E-state index contributed by atoms with van der Waals surface area (Å²) in [6.45, 7) is -0.460. The minimum Gasteiger partial charge on any atom is -0.394 e. The van der Waals surface area contributed by atoms with Crippen molar-refractivity contribution in [3.05, 3.63) is 22.5 Å². The van der Waals surface area contributed by atoms with Crippen molar-refractivity contribution in [2.45, 2.75) is 24.5 Å². The van der Waals surface area contributed by atoms with Gasteiger partial charge in [0.25, 0.3) is 5.56 Å². The first-order valence-electron chi connectivity index (χ1n) is 5.68. The largest absolute Gasteiger partial charge is 0.394 e. The first kappa shape index (κ1) is 12.2. The van der Waals surface area contributed by atoms with Gasteiger partial charge in [0.15, 0.2) is 11.9 Å². The van der Waals surface area contributed by atoms with Crippen LogP contribution >= 0.6 is 0 Å². The third-order valence-corrected chi connectivity index (χ3v) is 3.18. The molecule has 4 N–H and O–H groups in total. The van der Waals surface area contributed by atoms with Gasteiger partial charge in [0.2, 0.25) is 0 Å². The molecule has 3 heterocycles. The predicted molar refractivity (Wildman–Crippen MR) is 61.2 cm³/mol. The lowest BCUT2D eigenvalue weighted by atomic mass is 10.1. The summed E-state index contributed by atoms with van der Waals surface area (Å²) in [6, 6.07) is 2.75. The van der Waals surface area contributed by atoms with Gasteiger partial charge in [-0.15, -0.1) is 5.10 Å². The summed E-state index contributed by atoms with van der Waals surface area (Å²) in [4.78, 5) is 11.9. The normalized spacial score (nSPS) is 31.1. The van der Waals surface area contributed by atoms with Gasteiger partial charge in [-0.05, 0) is 6.07 Å². The molecule has 9 heteroatoms. The summed E-state index contributed by atoms with van der Waals surface area (Å²) < 4.78 is 6.41. The van der Waals surface area contributed by atoms with Crippen LogP contribution in [0.1, 0.15) is 6.23 Å². The zero-order valence-electron chi connectivity index (χ0n) is 9.67. The van der Waals surface area contributed by atoms with Crippen molar-refractivity contribution < 1.29 is 20.1 Å². The molecule has 0 spiro atoms. The number of ether oxygens (including phenoxy) is 1. The number of hydrogen-bond donors (Lipinski definition) is 4. The lowest BCUT2D eigenvalue weighted by Gasteiger charge is -2.17. The quantitative estimate of drug-likeness (QED) is 0.482. The van der Waals surface area contributed by atoms with Crippen molar-refractivity contribution in [2.24, 2.45) is 0 Å². The Labute approximate surface area is 106 Å². The topological polar surface area (TPSA) is 133 Å². The maximum Gasteiger partial charge on any atom is 0.254 e. The number of aromatic amines is 1. The van der Waals surface area contributed by atoms with E-state index in [9.17, 15) is 15.0 Å². The number of nitrogens with one attached hydrogen (secondary N) is 1. The van der Waals surface area contributed by atoms with Crippen molar-refractivity contribution in [3.8, 4) is 0 Å². The zero-order valence-corrected chi connectivity index (χ0v) is 9.67. The Morgan fingerprint density at radius 2 is 2.11 bits per heavy atom. The smallest absolute Gasteiger partial charge is 0.254 e. The van der Waals surface area contributed by atoms with Gasteiger partial charge in [0, 0.05) is 6.07 Å². The third kappa shape index (κ3) is 1.75. The van der Waals surface area contributed by atoms with Crippen LogP contribution in [0.25, 0.3) is 11.2 Å². The number of hydrogen-bond acceptors (Lipinski definition) is 7. The second kappa shape index (κ2) is 4.38. The minimum absolute atomic E-state index is 0.210. The number of nitrogens with zero attached hydrogens (tertiary/aromatic N) is 3. The molecule has 0 amide bonds. The molecule has 2 aromatic heterocycles. The van der Waals surface area contributed by atoms with Gasteiger partial charge in [0.1, 0.15) is 23.8 Å². The zero-order chi connectivity index (χ0) is 13.6. The number of fused-ring (bicyclic) bond motifs is 1.